The average molecular weight is 156 g/mol. The van der Waals surface area contributed by atoms with E-state index in [0.717, 1.165) is 0 Å². The summed E-state index contributed by atoms with van der Waals surface area (Å²) in [6.45, 7) is 0.331. The number of hydroxylamine groups is 2. The van der Waals surface area contributed by atoms with Crippen LogP contribution in [0.5, 0.6) is 0 Å². The van der Waals surface area contributed by atoms with Crippen LogP contribution in [0, 0.1) is 0 Å². The zero-order valence-electron chi connectivity index (χ0n) is 6.14. The molecule has 0 amide bonds. The lowest BCUT2D eigenvalue weighted by Crippen LogP contribution is -2.31. The molecule has 6 heteroatoms. The summed E-state index contributed by atoms with van der Waals surface area (Å²) in [5.41, 5.74) is 0.411. The van der Waals surface area contributed by atoms with E-state index in [1.807, 2.05) is 0 Å². The summed E-state index contributed by atoms with van der Waals surface area (Å²) >= 11 is 0. The highest BCUT2D eigenvalue weighted by atomic mass is 16.7. The topological polar surface area (TPSA) is 65.3 Å². The maximum absolute atomic E-state index is 8.72. The molecule has 0 bridgehead atoms. The Morgan fingerprint density at radius 2 is 2.45 bits per heavy atom. The smallest absolute Gasteiger partial charge is 0.423 e. The Kier molecular flexibility index (Phi) is 2.64. The first-order valence-corrected chi connectivity index (χ1v) is 3.13. The van der Waals surface area contributed by atoms with E-state index in [4.69, 9.17) is 14.9 Å². The minimum atomic E-state index is -1.45. The van der Waals surface area contributed by atoms with Crippen molar-refractivity contribution in [3.05, 3.63) is 11.7 Å². The van der Waals surface area contributed by atoms with Crippen molar-refractivity contribution in [1.82, 2.24) is 5.06 Å². The third kappa shape index (κ3) is 2.04. The highest BCUT2D eigenvalue weighted by Gasteiger charge is 2.18. The minimum Gasteiger partial charge on any atom is -0.423 e. The molecule has 1 heterocycles. The van der Waals surface area contributed by atoms with Gasteiger partial charge < -0.3 is 10.0 Å². The van der Waals surface area contributed by atoms with Crippen molar-refractivity contribution in [2.45, 2.75) is 0 Å². The Hall–Kier alpha value is -0.845. The minimum absolute atomic E-state index is 0.331. The van der Waals surface area contributed by atoms with Crippen LogP contribution in [0.3, 0.4) is 0 Å². The van der Waals surface area contributed by atoms with E-state index < -0.39 is 7.12 Å². The lowest BCUT2D eigenvalue weighted by Gasteiger charge is -2.19. The van der Waals surface area contributed by atoms with E-state index in [2.05, 4.69) is 4.99 Å². The van der Waals surface area contributed by atoms with Crippen molar-refractivity contribution in [1.29, 1.82) is 0 Å². The van der Waals surface area contributed by atoms with E-state index in [1.54, 1.807) is 0 Å². The Morgan fingerprint density at radius 3 is 3.00 bits per heavy atom. The molecule has 1 aliphatic rings. The second kappa shape index (κ2) is 3.52. The molecule has 1 rings (SSSR count). The van der Waals surface area contributed by atoms with Crippen LogP contribution in [0.15, 0.2) is 16.7 Å². The SMILES string of the molecule is CON1C=NC=C(B(O)O)C1. The first kappa shape index (κ1) is 8.25. The van der Waals surface area contributed by atoms with Crippen molar-refractivity contribution in [3.63, 3.8) is 0 Å². The summed E-state index contributed by atoms with van der Waals surface area (Å²) in [5, 5.41) is 18.8. The van der Waals surface area contributed by atoms with Gasteiger partial charge >= 0.3 is 7.12 Å². The second-order valence-corrected chi connectivity index (χ2v) is 2.10. The molecule has 11 heavy (non-hydrogen) atoms. The van der Waals surface area contributed by atoms with Gasteiger partial charge in [0.05, 0.1) is 13.7 Å². The molecule has 1 aliphatic heterocycles. The lowest BCUT2D eigenvalue weighted by molar-refractivity contribution is -0.0523. The lowest BCUT2D eigenvalue weighted by atomic mass is 9.79. The van der Waals surface area contributed by atoms with Gasteiger partial charge in [0.15, 0.2) is 0 Å². The molecule has 0 aromatic carbocycles. The van der Waals surface area contributed by atoms with Crippen LogP contribution < -0.4 is 0 Å². The number of nitrogens with zero attached hydrogens (tertiary/aromatic N) is 2. The van der Waals surface area contributed by atoms with Gasteiger partial charge in [0, 0.05) is 6.20 Å². The molecule has 0 saturated heterocycles. The van der Waals surface area contributed by atoms with Crippen molar-refractivity contribution in [3.8, 4) is 0 Å². The fourth-order valence-electron chi connectivity index (χ4n) is 0.725. The van der Waals surface area contributed by atoms with Crippen molar-refractivity contribution in [2.75, 3.05) is 13.7 Å². The maximum atomic E-state index is 8.72. The monoisotopic (exact) mass is 156 g/mol. The normalized spacial score (nSPS) is 16.6. The Labute approximate surface area is 64.7 Å². The zero-order chi connectivity index (χ0) is 8.27. The Balaban J connectivity index is 2.57. The first-order valence-electron chi connectivity index (χ1n) is 3.13. The molecule has 0 aromatic heterocycles. The van der Waals surface area contributed by atoms with Gasteiger partial charge in [-0.3, -0.25) is 4.84 Å². The second-order valence-electron chi connectivity index (χ2n) is 2.10. The molecule has 0 spiro atoms. The van der Waals surface area contributed by atoms with Crippen molar-refractivity contribution >= 4 is 13.5 Å². The predicted molar refractivity (Wildman–Crippen MR) is 40.5 cm³/mol. The van der Waals surface area contributed by atoms with E-state index >= 15 is 0 Å². The largest absolute Gasteiger partial charge is 0.487 e. The molecular formula is C5H9BN2O3. The third-order valence-corrected chi connectivity index (χ3v) is 1.34. The van der Waals surface area contributed by atoms with Gasteiger partial charge in [0.1, 0.15) is 6.34 Å². The van der Waals surface area contributed by atoms with Gasteiger partial charge in [0.25, 0.3) is 0 Å². The molecular weight excluding hydrogens is 147 g/mol. The Bertz CT molecular complexity index is 192. The van der Waals surface area contributed by atoms with E-state index in [9.17, 15) is 0 Å². The Morgan fingerprint density at radius 1 is 1.73 bits per heavy atom. The van der Waals surface area contributed by atoms with Crippen LogP contribution in [-0.2, 0) is 4.84 Å². The molecule has 0 fully saturated rings. The summed E-state index contributed by atoms with van der Waals surface area (Å²) < 4.78 is 0. The molecule has 0 aliphatic carbocycles. The standard InChI is InChI=1S/C5H9BN2O3/c1-11-8-3-5(6(9)10)2-7-4-8/h2,4,9-10H,3H2,1H3. The quantitative estimate of drug-likeness (QED) is 0.492. The summed E-state index contributed by atoms with van der Waals surface area (Å²) in [4.78, 5) is 8.52. The highest BCUT2D eigenvalue weighted by Crippen LogP contribution is 2.04. The van der Waals surface area contributed by atoms with E-state index in [0.29, 0.717) is 12.0 Å². The van der Waals surface area contributed by atoms with Crippen molar-refractivity contribution in [2.24, 2.45) is 4.99 Å². The number of aliphatic imine (C=N–C) groups is 1. The third-order valence-electron chi connectivity index (χ3n) is 1.34. The van der Waals surface area contributed by atoms with Crippen LogP contribution in [0.2, 0.25) is 0 Å². The summed E-state index contributed by atoms with van der Waals surface area (Å²) in [7, 11) is 0.0312. The van der Waals surface area contributed by atoms with Crippen LogP contribution in [0.1, 0.15) is 0 Å². The van der Waals surface area contributed by atoms with Crippen LogP contribution in [0.4, 0.5) is 0 Å². The fourth-order valence-corrected chi connectivity index (χ4v) is 0.725. The predicted octanol–water partition coefficient (Wildman–Crippen LogP) is -1.21. The average Bonchev–Trinajstić information content (AvgIpc) is 2.05. The van der Waals surface area contributed by atoms with Crippen LogP contribution >= 0.6 is 0 Å². The van der Waals surface area contributed by atoms with Crippen molar-refractivity contribution < 1.29 is 14.9 Å². The van der Waals surface area contributed by atoms with E-state index in [1.165, 1.54) is 24.7 Å². The van der Waals surface area contributed by atoms with Gasteiger partial charge in [0.2, 0.25) is 0 Å². The molecule has 0 aromatic rings. The highest BCUT2D eigenvalue weighted by molar-refractivity contribution is 6.50. The molecule has 0 saturated carbocycles. The van der Waals surface area contributed by atoms with Gasteiger partial charge in [-0.2, -0.15) is 0 Å². The molecule has 60 valence electrons. The first-order chi connectivity index (χ1) is 5.24. The van der Waals surface area contributed by atoms with Crippen LogP contribution in [0.25, 0.3) is 0 Å². The maximum Gasteiger partial charge on any atom is 0.487 e. The number of rotatable bonds is 2. The van der Waals surface area contributed by atoms with Gasteiger partial charge in [-0.05, 0) is 5.47 Å². The molecule has 0 atom stereocenters. The van der Waals surface area contributed by atoms with Gasteiger partial charge in [-0.25, -0.2) is 10.1 Å². The number of hydrogen-bond acceptors (Lipinski definition) is 5. The van der Waals surface area contributed by atoms with E-state index in [-0.39, 0.29) is 0 Å². The van der Waals surface area contributed by atoms with Gasteiger partial charge in [-0.15, -0.1) is 0 Å². The fraction of sp³-hybridized carbons (Fsp3) is 0.400. The molecule has 0 radical (unpaired) electrons. The van der Waals surface area contributed by atoms with Crippen LogP contribution in [-0.4, -0.2) is 42.2 Å². The molecule has 2 N–H and O–H groups in total. The number of hydrogen-bond donors (Lipinski definition) is 2. The van der Waals surface area contributed by atoms with Gasteiger partial charge in [-0.1, -0.05) is 0 Å². The zero-order valence-corrected chi connectivity index (χ0v) is 6.14. The summed E-state index contributed by atoms with van der Waals surface area (Å²) in [6, 6.07) is 0. The summed E-state index contributed by atoms with van der Waals surface area (Å²) in [5.74, 6) is 0. The molecule has 0 unspecified atom stereocenters. The summed E-state index contributed by atoms with van der Waals surface area (Å²) in [6.07, 6.45) is 2.87. The molecule has 5 nitrogen and oxygen atoms in total.